The molecule has 0 bridgehead atoms. The molecule has 0 radical (unpaired) electrons. The van der Waals surface area contributed by atoms with E-state index in [0.29, 0.717) is 52.5 Å². The van der Waals surface area contributed by atoms with Crippen LogP contribution in [0.15, 0.2) is 79.1 Å². The largest absolute Gasteiger partial charge is 0.383 e. The summed E-state index contributed by atoms with van der Waals surface area (Å²) in [4.78, 5) is 51.0. The Bertz CT molecular complexity index is 1750. The van der Waals surface area contributed by atoms with Crippen LogP contribution in [-0.2, 0) is 17.8 Å². The fourth-order valence-corrected chi connectivity index (χ4v) is 4.31. The summed E-state index contributed by atoms with van der Waals surface area (Å²) in [6.07, 6.45) is 4.10. The third-order valence-corrected chi connectivity index (χ3v) is 6.44. The molecule has 41 heavy (non-hydrogen) atoms. The van der Waals surface area contributed by atoms with Crippen molar-refractivity contribution < 1.29 is 14.4 Å². The van der Waals surface area contributed by atoms with Gasteiger partial charge < -0.3 is 21.3 Å². The first-order chi connectivity index (χ1) is 19.8. The quantitative estimate of drug-likeness (QED) is 0.250. The highest BCUT2D eigenvalue weighted by atomic mass is 16.2. The average molecular weight is 549 g/mol. The lowest BCUT2D eigenvalue weighted by atomic mass is 10.1. The van der Waals surface area contributed by atoms with Gasteiger partial charge in [-0.25, -0.2) is 19.7 Å². The second-order valence-corrected chi connectivity index (χ2v) is 9.54. The number of hydrogen-bond acceptors (Lipinski definition) is 7. The molecule has 206 valence electrons. The molecule has 3 aromatic heterocycles. The smallest absolute Gasteiger partial charge is 0.321 e. The van der Waals surface area contributed by atoms with Gasteiger partial charge in [0.15, 0.2) is 17.8 Å². The zero-order valence-corrected chi connectivity index (χ0v) is 22.5. The summed E-state index contributed by atoms with van der Waals surface area (Å²) in [5.41, 5.74) is 11.4. The van der Waals surface area contributed by atoms with Crippen LogP contribution in [0.1, 0.15) is 21.5 Å². The molecule has 0 spiro atoms. The summed E-state index contributed by atoms with van der Waals surface area (Å²) in [5, 5.41) is 5.60. The number of nitrogens with two attached hydrogens (primary N) is 1. The summed E-state index contributed by atoms with van der Waals surface area (Å²) >= 11 is 0. The number of fused-ring (bicyclic) bond motifs is 1. The number of nitrogen functional groups attached to an aromatic ring is 1. The lowest BCUT2D eigenvalue weighted by Crippen LogP contribution is -2.28. The number of benzene rings is 2. The van der Waals surface area contributed by atoms with Gasteiger partial charge in [-0.1, -0.05) is 18.2 Å². The zero-order valence-electron chi connectivity index (χ0n) is 22.5. The van der Waals surface area contributed by atoms with Crippen LogP contribution in [0.2, 0.25) is 0 Å². The Morgan fingerprint density at radius 3 is 2.44 bits per heavy atom. The summed E-state index contributed by atoms with van der Waals surface area (Å²) < 4.78 is 1.93. The van der Waals surface area contributed by atoms with Gasteiger partial charge in [-0.2, -0.15) is 0 Å². The average Bonchev–Trinajstić information content (AvgIpc) is 3.36. The maximum Gasteiger partial charge on any atom is 0.321 e. The number of amides is 3. The summed E-state index contributed by atoms with van der Waals surface area (Å²) in [7, 11) is 3.20. The molecule has 3 heterocycles. The van der Waals surface area contributed by atoms with E-state index in [0.717, 1.165) is 16.8 Å². The number of nitrogens with zero attached hydrogens (tertiary/aromatic N) is 5. The SMILES string of the molecule is CN(C)C(=O)Nc1cc(CC(=O)NCc2ccc(-n3c(-c4cccnc4N)nc4cccnc43)cc2)ccc1C=O. The van der Waals surface area contributed by atoms with Crippen LogP contribution in [-0.4, -0.2) is 56.7 Å². The number of urea groups is 1. The van der Waals surface area contributed by atoms with Crippen molar-refractivity contribution in [1.29, 1.82) is 0 Å². The number of hydrogen-bond donors (Lipinski definition) is 3. The number of anilines is 2. The fraction of sp³-hybridized carbons (Fsp3) is 0.133. The topological polar surface area (TPSA) is 148 Å². The minimum Gasteiger partial charge on any atom is -0.383 e. The van der Waals surface area contributed by atoms with Crippen LogP contribution in [0.3, 0.4) is 0 Å². The summed E-state index contributed by atoms with van der Waals surface area (Å²) in [6, 6.07) is 19.7. The van der Waals surface area contributed by atoms with E-state index in [1.807, 2.05) is 53.1 Å². The number of aromatic nitrogens is 4. The number of aldehydes is 1. The van der Waals surface area contributed by atoms with Gasteiger partial charge in [-0.15, -0.1) is 0 Å². The van der Waals surface area contributed by atoms with Crippen molar-refractivity contribution in [2.24, 2.45) is 0 Å². The standard InChI is InChI=1S/C30H28N8O3/c1-37(2)30(41)36-25-15-20(7-10-21(25)18-39)16-26(40)34-17-19-8-11-22(12-9-19)38-28(23-5-3-13-32-27(23)31)35-24-6-4-14-33-29(24)38/h3-15,18H,16-17H2,1-2H3,(H2,31,32)(H,34,40)(H,36,41). The molecular formula is C30H28N8O3. The van der Waals surface area contributed by atoms with Gasteiger partial charge in [0.1, 0.15) is 11.3 Å². The lowest BCUT2D eigenvalue weighted by Gasteiger charge is -2.14. The van der Waals surface area contributed by atoms with E-state index in [1.165, 1.54) is 4.90 Å². The van der Waals surface area contributed by atoms with Crippen molar-refractivity contribution in [2.75, 3.05) is 25.1 Å². The number of pyridine rings is 2. The Morgan fingerprint density at radius 2 is 1.71 bits per heavy atom. The predicted molar refractivity (Wildman–Crippen MR) is 157 cm³/mol. The van der Waals surface area contributed by atoms with Crippen LogP contribution >= 0.6 is 0 Å². The van der Waals surface area contributed by atoms with Crippen LogP contribution < -0.4 is 16.4 Å². The van der Waals surface area contributed by atoms with E-state index in [-0.39, 0.29) is 18.4 Å². The Morgan fingerprint density at radius 1 is 0.976 bits per heavy atom. The minimum absolute atomic E-state index is 0.0879. The highest BCUT2D eigenvalue weighted by Gasteiger charge is 2.17. The Hall–Kier alpha value is -5.58. The van der Waals surface area contributed by atoms with Crippen molar-refractivity contribution in [1.82, 2.24) is 29.7 Å². The Labute approximate surface area is 236 Å². The van der Waals surface area contributed by atoms with E-state index < -0.39 is 0 Å². The molecule has 0 atom stereocenters. The highest BCUT2D eigenvalue weighted by molar-refractivity contribution is 5.95. The molecule has 0 aliphatic heterocycles. The van der Waals surface area contributed by atoms with Gasteiger partial charge in [-0.05, 0) is 59.7 Å². The summed E-state index contributed by atoms with van der Waals surface area (Å²) in [6.45, 7) is 0.321. The molecule has 3 amide bonds. The molecule has 0 aliphatic carbocycles. The number of imidazole rings is 1. The molecule has 0 fully saturated rings. The maximum atomic E-state index is 12.7. The molecule has 0 unspecified atom stereocenters. The third kappa shape index (κ3) is 5.88. The molecule has 5 rings (SSSR count). The minimum atomic E-state index is -0.367. The van der Waals surface area contributed by atoms with Gasteiger partial charge in [0.2, 0.25) is 5.91 Å². The van der Waals surface area contributed by atoms with Crippen LogP contribution in [0, 0.1) is 0 Å². The van der Waals surface area contributed by atoms with Crippen LogP contribution in [0.25, 0.3) is 28.2 Å². The Balaban J connectivity index is 1.30. The Kier molecular flexibility index (Phi) is 7.68. The monoisotopic (exact) mass is 548 g/mol. The lowest BCUT2D eigenvalue weighted by molar-refractivity contribution is -0.120. The van der Waals surface area contributed by atoms with E-state index >= 15 is 0 Å². The van der Waals surface area contributed by atoms with E-state index in [9.17, 15) is 14.4 Å². The van der Waals surface area contributed by atoms with Gasteiger partial charge >= 0.3 is 6.03 Å². The van der Waals surface area contributed by atoms with E-state index in [4.69, 9.17) is 10.7 Å². The molecule has 4 N–H and O–H groups in total. The predicted octanol–water partition coefficient (Wildman–Crippen LogP) is 3.83. The first-order valence-corrected chi connectivity index (χ1v) is 12.8. The second kappa shape index (κ2) is 11.7. The third-order valence-electron chi connectivity index (χ3n) is 6.44. The van der Waals surface area contributed by atoms with Gasteiger partial charge in [-0.3, -0.25) is 14.2 Å². The molecule has 11 nitrogen and oxygen atoms in total. The number of nitrogens with one attached hydrogen (secondary N) is 2. The molecule has 2 aromatic carbocycles. The van der Waals surface area contributed by atoms with Crippen molar-refractivity contribution in [3.8, 4) is 17.1 Å². The van der Waals surface area contributed by atoms with E-state index in [1.54, 1.807) is 44.7 Å². The van der Waals surface area contributed by atoms with Gasteiger partial charge in [0.05, 0.1) is 17.7 Å². The van der Waals surface area contributed by atoms with Crippen molar-refractivity contribution in [2.45, 2.75) is 13.0 Å². The number of carbonyl (C=O) groups excluding carboxylic acids is 3. The molecular weight excluding hydrogens is 520 g/mol. The zero-order chi connectivity index (χ0) is 28.9. The highest BCUT2D eigenvalue weighted by Crippen LogP contribution is 2.30. The van der Waals surface area contributed by atoms with Crippen molar-refractivity contribution >= 4 is 40.9 Å². The summed E-state index contributed by atoms with van der Waals surface area (Å²) in [5.74, 6) is 0.806. The van der Waals surface area contributed by atoms with Gasteiger partial charge in [0.25, 0.3) is 0 Å². The number of rotatable bonds is 8. The van der Waals surface area contributed by atoms with Crippen molar-refractivity contribution in [3.05, 3.63) is 95.8 Å². The molecule has 5 aromatic rings. The van der Waals surface area contributed by atoms with E-state index in [2.05, 4.69) is 20.6 Å². The number of carbonyl (C=O) groups is 3. The fourth-order valence-electron chi connectivity index (χ4n) is 4.31. The van der Waals surface area contributed by atoms with Crippen LogP contribution in [0.5, 0.6) is 0 Å². The molecule has 0 saturated carbocycles. The molecule has 0 saturated heterocycles. The maximum absolute atomic E-state index is 12.7. The molecule has 11 heteroatoms. The first kappa shape index (κ1) is 27.0. The second-order valence-electron chi connectivity index (χ2n) is 9.54. The van der Waals surface area contributed by atoms with Crippen molar-refractivity contribution in [3.63, 3.8) is 0 Å². The normalized spacial score (nSPS) is 10.8. The molecule has 0 aliphatic rings. The first-order valence-electron chi connectivity index (χ1n) is 12.8. The van der Waals surface area contributed by atoms with Gasteiger partial charge in [0, 0.05) is 44.3 Å². The van der Waals surface area contributed by atoms with Crippen LogP contribution in [0.4, 0.5) is 16.3 Å².